The van der Waals surface area contributed by atoms with Gasteiger partial charge in [0.25, 0.3) is 0 Å². The van der Waals surface area contributed by atoms with E-state index in [1.54, 1.807) is 18.2 Å². The SMILES string of the molecule is CN=C(NCCc1nc(C(F)(F)F)cs1)NCCS(=O)(=O)c1ccccc1. The van der Waals surface area contributed by atoms with Crippen LogP contribution in [0.3, 0.4) is 0 Å². The summed E-state index contributed by atoms with van der Waals surface area (Å²) in [4.78, 5) is 7.75. The maximum Gasteiger partial charge on any atom is 0.434 e. The van der Waals surface area contributed by atoms with Crippen LogP contribution in [0.4, 0.5) is 13.2 Å². The van der Waals surface area contributed by atoms with Gasteiger partial charge >= 0.3 is 6.18 Å². The molecule has 6 nitrogen and oxygen atoms in total. The van der Waals surface area contributed by atoms with Gasteiger partial charge in [-0.3, -0.25) is 4.99 Å². The second-order valence-electron chi connectivity index (χ2n) is 5.43. The molecule has 27 heavy (non-hydrogen) atoms. The van der Waals surface area contributed by atoms with Crippen molar-refractivity contribution in [3.05, 3.63) is 46.4 Å². The lowest BCUT2D eigenvalue weighted by atomic mass is 10.4. The molecule has 0 unspecified atom stereocenters. The summed E-state index contributed by atoms with van der Waals surface area (Å²) in [6.45, 7) is 0.461. The molecule has 0 aliphatic rings. The Morgan fingerprint density at radius 3 is 2.44 bits per heavy atom. The molecule has 2 rings (SSSR count). The molecule has 11 heteroatoms. The largest absolute Gasteiger partial charge is 0.434 e. The van der Waals surface area contributed by atoms with E-state index in [1.165, 1.54) is 19.2 Å². The van der Waals surface area contributed by atoms with Gasteiger partial charge in [0.2, 0.25) is 0 Å². The van der Waals surface area contributed by atoms with Crippen LogP contribution in [-0.4, -0.2) is 45.3 Å². The van der Waals surface area contributed by atoms with Gasteiger partial charge in [0.15, 0.2) is 21.5 Å². The molecule has 0 spiro atoms. The van der Waals surface area contributed by atoms with Gasteiger partial charge in [-0.2, -0.15) is 13.2 Å². The van der Waals surface area contributed by atoms with Crippen LogP contribution in [0.15, 0.2) is 45.6 Å². The Kier molecular flexibility index (Phi) is 7.19. The zero-order chi connectivity index (χ0) is 19.9. The molecule has 0 fully saturated rings. The van der Waals surface area contributed by atoms with E-state index < -0.39 is 21.7 Å². The summed E-state index contributed by atoms with van der Waals surface area (Å²) in [6.07, 6.45) is -4.15. The summed E-state index contributed by atoms with van der Waals surface area (Å²) >= 11 is 0.944. The Morgan fingerprint density at radius 1 is 1.19 bits per heavy atom. The molecule has 0 bridgehead atoms. The van der Waals surface area contributed by atoms with E-state index >= 15 is 0 Å². The molecule has 0 amide bonds. The van der Waals surface area contributed by atoms with E-state index in [0.29, 0.717) is 23.9 Å². The third kappa shape index (κ3) is 6.51. The topological polar surface area (TPSA) is 83.4 Å². The highest BCUT2D eigenvalue weighted by molar-refractivity contribution is 7.91. The van der Waals surface area contributed by atoms with Crippen LogP contribution in [0.2, 0.25) is 0 Å². The van der Waals surface area contributed by atoms with Crippen molar-refractivity contribution in [1.82, 2.24) is 15.6 Å². The number of halogens is 3. The van der Waals surface area contributed by atoms with Crippen LogP contribution >= 0.6 is 11.3 Å². The summed E-state index contributed by atoms with van der Waals surface area (Å²) in [5, 5.41) is 7.14. The highest BCUT2D eigenvalue weighted by Gasteiger charge is 2.33. The maximum atomic E-state index is 12.5. The summed E-state index contributed by atoms with van der Waals surface area (Å²) in [5.74, 6) is 0.255. The Labute approximate surface area is 159 Å². The Balaban J connectivity index is 1.77. The summed E-state index contributed by atoms with van der Waals surface area (Å²) in [6, 6.07) is 8.12. The van der Waals surface area contributed by atoms with Gasteiger partial charge < -0.3 is 10.6 Å². The van der Waals surface area contributed by atoms with Crippen molar-refractivity contribution in [2.45, 2.75) is 17.5 Å². The highest BCUT2D eigenvalue weighted by Crippen LogP contribution is 2.29. The number of guanidine groups is 1. The predicted octanol–water partition coefficient (Wildman–Crippen LogP) is 2.34. The van der Waals surface area contributed by atoms with Crippen molar-refractivity contribution in [3.63, 3.8) is 0 Å². The quantitative estimate of drug-likeness (QED) is 0.531. The number of sulfone groups is 1. The number of rotatable bonds is 7. The molecule has 148 valence electrons. The zero-order valence-electron chi connectivity index (χ0n) is 14.5. The normalized spacial score (nSPS) is 12.8. The predicted molar refractivity (Wildman–Crippen MR) is 98.7 cm³/mol. The molecular formula is C16H19F3N4O2S2. The van der Waals surface area contributed by atoms with E-state index in [1.807, 2.05) is 0 Å². The third-order valence-corrected chi connectivity index (χ3v) is 6.10. The number of hydrogen-bond donors (Lipinski definition) is 2. The van der Waals surface area contributed by atoms with Crippen LogP contribution in [-0.2, 0) is 22.4 Å². The molecule has 2 N–H and O–H groups in total. The lowest BCUT2D eigenvalue weighted by Crippen LogP contribution is -2.40. The van der Waals surface area contributed by atoms with Gasteiger partial charge in [-0.15, -0.1) is 11.3 Å². The second-order valence-corrected chi connectivity index (χ2v) is 8.48. The van der Waals surface area contributed by atoms with Crippen molar-refractivity contribution in [2.24, 2.45) is 4.99 Å². The standard InChI is InChI=1S/C16H19F3N4O2S2/c1-20-15(21-8-7-14-23-13(11-26-14)16(17,18)19)22-9-10-27(24,25)12-5-3-2-4-6-12/h2-6,11H,7-10H2,1H3,(H2,20,21,22). The molecular weight excluding hydrogens is 401 g/mol. The molecule has 2 aromatic rings. The van der Waals surface area contributed by atoms with E-state index in [-0.39, 0.29) is 17.2 Å². The van der Waals surface area contributed by atoms with E-state index in [4.69, 9.17) is 0 Å². The molecule has 0 aliphatic carbocycles. The average Bonchev–Trinajstić information content (AvgIpc) is 3.10. The van der Waals surface area contributed by atoms with Crippen molar-refractivity contribution in [1.29, 1.82) is 0 Å². The van der Waals surface area contributed by atoms with Gasteiger partial charge in [0.05, 0.1) is 15.7 Å². The lowest BCUT2D eigenvalue weighted by Gasteiger charge is -2.11. The van der Waals surface area contributed by atoms with E-state index in [0.717, 1.165) is 16.7 Å². The van der Waals surface area contributed by atoms with Gasteiger partial charge in [-0.1, -0.05) is 18.2 Å². The van der Waals surface area contributed by atoms with Crippen molar-refractivity contribution in [3.8, 4) is 0 Å². The Hall–Kier alpha value is -2.14. The second kappa shape index (κ2) is 9.18. The van der Waals surface area contributed by atoms with Gasteiger partial charge in [-0.05, 0) is 12.1 Å². The fourth-order valence-electron chi connectivity index (χ4n) is 2.11. The van der Waals surface area contributed by atoms with Crippen LogP contribution in [0.5, 0.6) is 0 Å². The summed E-state index contributed by atoms with van der Waals surface area (Å²) in [7, 11) is -1.88. The minimum absolute atomic E-state index is 0.112. The van der Waals surface area contributed by atoms with Gasteiger partial charge in [-0.25, -0.2) is 13.4 Å². The van der Waals surface area contributed by atoms with Gasteiger partial charge in [0, 0.05) is 31.9 Å². The first kappa shape index (κ1) is 21.2. The number of benzene rings is 1. The van der Waals surface area contributed by atoms with Crippen molar-refractivity contribution >= 4 is 27.1 Å². The Morgan fingerprint density at radius 2 is 1.85 bits per heavy atom. The number of hydrogen-bond acceptors (Lipinski definition) is 5. The van der Waals surface area contributed by atoms with Crippen molar-refractivity contribution < 1.29 is 21.6 Å². The molecule has 0 saturated heterocycles. The molecule has 0 saturated carbocycles. The zero-order valence-corrected chi connectivity index (χ0v) is 16.1. The molecule has 1 aromatic heterocycles. The number of thiazole rings is 1. The molecule has 0 aliphatic heterocycles. The lowest BCUT2D eigenvalue weighted by molar-refractivity contribution is -0.140. The highest BCUT2D eigenvalue weighted by atomic mass is 32.2. The number of aliphatic imine (C=N–C) groups is 1. The Bertz CT molecular complexity index is 865. The fraction of sp³-hybridized carbons (Fsp3) is 0.375. The molecule has 0 radical (unpaired) electrons. The van der Waals surface area contributed by atoms with Gasteiger partial charge in [0.1, 0.15) is 0 Å². The average molecular weight is 420 g/mol. The van der Waals surface area contributed by atoms with Crippen LogP contribution in [0, 0.1) is 0 Å². The first-order valence-electron chi connectivity index (χ1n) is 7.96. The first-order valence-corrected chi connectivity index (χ1v) is 10.5. The first-order chi connectivity index (χ1) is 12.7. The number of aromatic nitrogens is 1. The smallest absolute Gasteiger partial charge is 0.356 e. The van der Waals surface area contributed by atoms with Crippen LogP contribution in [0.1, 0.15) is 10.7 Å². The maximum absolute atomic E-state index is 12.5. The number of nitrogens with one attached hydrogen (secondary N) is 2. The third-order valence-electron chi connectivity index (χ3n) is 3.46. The fourth-order valence-corrected chi connectivity index (χ4v) is 4.10. The van der Waals surface area contributed by atoms with Crippen LogP contribution in [0.25, 0.3) is 0 Å². The summed E-state index contributed by atoms with van der Waals surface area (Å²) in [5.41, 5.74) is -0.892. The van der Waals surface area contributed by atoms with Crippen molar-refractivity contribution in [2.75, 3.05) is 25.9 Å². The molecule has 0 atom stereocenters. The monoisotopic (exact) mass is 420 g/mol. The number of alkyl halides is 3. The van der Waals surface area contributed by atoms with Crippen LogP contribution < -0.4 is 10.6 Å². The summed E-state index contributed by atoms with van der Waals surface area (Å²) < 4.78 is 61.9. The minimum Gasteiger partial charge on any atom is -0.356 e. The molecule has 1 aromatic carbocycles. The minimum atomic E-state index is -4.44. The molecule has 1 heterocycles. The number of nitrogens with zero attached hydrogens (tertiary/aromatic N) is 2. The van der Waals surface area contributed by atoms with E-state index in [9.17, 15) is 21.6 Å². The van der Waals surface area contributed by atoms with E-state index in [2.05, 4.69) is 20.6 Å².